The Morgan fingerprint density at radius 1 is 1.11 bits per heavy atom. The van der Waals surface area contributed by atoms with Crippen LogP contribution in [0.1, 0.15) is 32.8 Å². The second-order valence-corrected chi connectivity index (χ2v) is 8.16. The van der Waals surface area contributed by atoms with Crippen LogP contribution < -0.4 is 0 Å². The molecule has 0 aromatic heterocycles. The van der Waals surface area contributed by atoms with Gasteiger partial charge in [0.15, 0.2) is 0 Å². The Kier molecular flexibility index (Phi) is 4.44. The molecule has 1 aromatic rings. The van der Waals surface area contributed by atoms with Crippen molar-refractivity contribution in [2.45, 2.75) is 45.9 Å². The number of likely N-dealkylation sites (tertiary alicyclic amines) is 2. The van der Waals surface area contributed by atoms with Gasteiger partial charge in [0, 0.05) is 12.5 Å². The first-order valence-corrected chi connectivity index (χ1v) is 9.76. The average molecular weight is 370 g/mol. The lowest BCUT2D eigenvalue weighted by atomic mass is 10.0. The third-order valence-corrected chi connectivity index (χ3v) is 6.67. The highest BCUT2D eigenvalue weighted by Gasteiger charge is 2.59. The van der Waals surface area contributed by atoms with Gasteiger partial charge in [0.1, 0.15) is 6.61 Å². The van der Waals surface area contributed by atoms with Crippen molar-refractivity contribution in [2.24, 2.45) is 23.7 Å². The molecule has 144 valence electrons. The number of carbonyl (C=O) groups excluding carboxylic acids is 3. The van der Waals surface area contributed by atoms with Gasteiger partial charge in [-0.15, -0.1) is 0 Å². The van der Waals surface area contributed by atoms with Crippen LogP contribution in [-0.4, -0.2) is 46.3 Å². The Morgan fingerprint density at radius 3 is 2.41 bits per heavy atom. The average Bonchev–Trinajstić information content (AvgIpc) is 2.99. The summed E-state index contributed by atoms with van der Waals surface area (Å²) in [5, 5.41) is 0. The molecule has 2 saturated heterocycles. The normalized spacial score (nSPS) is 34.6. The first-order chi connectivity index (χ1) is 12.9. The molecule has 0 N–H and O–H groups in total. The molecule has 1 aliphatic carbocycles. The number of ether oxygens (including phenoxy) is 1. The van der Waals surface area contributed by atoms with Gasteiger partial charge >= 0.3 is 6.09 Å². The number of hydrogen-bond donors (Lipinski definition) is 0. The lowest BCUT2D eigenvalue weighted by Gasteiger charge is -2.25. The number of benzene rings is 1. The largest absolute Gasteiger partial charge is 0.445 e. The van der Waals surface area contributed by atoms with Crippen molar-refractivity contribution in [2.75, 3.05) is 6.54 Å². The van der Waals surface area contributed by atoms with Crippen molar-refractivity contribution in [3.63, 3.8) is 0 Å². The molecule has 3 amide bonds. The SMILES string of the molecule is C[C@@H]1C(C(=O)N2C(=O)[C@H](C)[C@H]3[C@H]2CCN3C(=O)OCc2ccccc2)[C@@H]1C. The van der Waals surface area contributed by atoms with E-state index in [1.807, 2.05) is 37.3 Å². The number of fused-ring (bicyclic) bond motifs is 1. The van der Waals surface area contributed by atoms with Gasteiger partial charge in [-0.1, -0.05) is 51.1 Å². The molecule has 1 unspecified atom stereocenters. The van der Waals surface area contributed by atoms with Crippen molar-refractivity contribution in [1.82, 2.24) is 9.80 Å². The van der Waals surface area contributed by atoms with Crippen LogP contribution in [0.15, 0.2) is 30.3 Å². The maximum atomic E-state index is 12.9. The summed E-state index contributed by atoms with van der Waals surface area (Å²) in [6, 6.07) is 9.01. The molecular weight excluding hydrogens is 344 g/mol. The highest BCUT2D eigenvalue weighted by atomic mass is 16.6. The molecule has 0 radical (unpaired) electrons. The van der Waals surface area contributed by atoms with E-state index in [0.29, 0.717) is 24.8 Å². The maximum Gasteiger partial charge on any atom is 0.410 e. The van der Waals surface area contributed by atoms with Crippen LogP contribution in [0.4, 0.5) is 4.79 Å². The number of carbonyl (C=O) groups is 3. The van der Waals surface area contributed by atoms with Crippen LogP contribution in [0.3, 0.4) is 0 Å². The van der Waals surface area contributed by atoms with Crippen molar-refractivity contribution in [1.29, 1.82) is 0 Å². The van der Waals surface area contributed by atoms with Gasteiger partial charge in [0.05, 0.1) is 18.0 Å². The van der Waals surface area contributed by atoms with Crippen LogP contribution in [0.2, 0.25) is 0 Å². The minimum Gasteiger partial charge on any atom is -0.445 e. The summed E-state index contributed by atoms with van der Waals surface area (Å²) in [5.74, 6) is 0.00998. The molecule has 3 aliphatic rings. The predicted molar refractivity (Wildman–Crippen MR) is 98.4 cm³/mol. The first-order valence-electron chi connectivity index (χ1n) is 9.76. The summed E-state index contributed by atoms with van der Waals surface area (Å²) in [6.07, 6.45) is 0.219. The van der Waals surface area contributed by atoms with Crippen LogP contribution >= 0.6 is 0 Å². The van der Waals surface area contributed by atoms with Gasteiger partial charge in [-0.25, -0.2) is 4.79 Å². The molecule has 0 spiro atoms. The van der Waals surface area contributed by atoms with Crippen LogP contribution in [0.25, 0.3) is 0 Å². The third kappa shape index (κ3) is 2.91. The third-order valence-electron chi connectivity index (χ3n) is 6.67. The lowest BCUT2D eigenvalue weighted by Crippen LogP contribution is -2.43. The summed E-state index contributed by atoms with van der Waals surface area (Å²) in [4.78, 5) is 41.4. The van der Waals surface area contributed by atoms with E-state index in [-0.39, 0.29) is 42.3 Å². The van der Waals surface area contributed by atoms with E-state index >= 15 is 0 Å². The molecule has 4 rings (SSSR count). The predicted octanol–water partition coefficient (Wildman–Crippen LogP) is 2.67. The van der Waals surface area contributed by atoms with Crippen molar-refractivity contribution in [3.8, 4) is 0 Å². The monoisotopic (exact) mass is 370 g/mol. The number of rotatable bonds is 3. The molecule has 6 nitrogen and oxygen atoms in total. The van der Waals surface area contributed by atoms with Gasteiger partial charge in [-0.2, -0.15) is 0 Å². The minimum absolute atomic E-state index is 0.0565. The molecule has 2 aliphatic heterocycles. The Labute approximate surface area is 159 Å². The van der Waals surface area contributed by atoms with Crippen LogP contribution in [-0.2, 0) is 20.9 Å². The summed E-state index contributed by atoms with van der Waals surface area (Å²) in [7, 11) is 0. The molecular formula is C21H26N2O4. The zero-order valence-electron chi connectivity index (χ0n) is 16.0. The minimum atomic E-state index is -0.409. The molecule has 3 fully saturated rings. The standard InChI is InChI=1S/C21H26N2O4/c1-12-13(2)17(12)20(25)23-16-9-10-22(18(16)14(3)19(23)24)21(26)27-11-15-7-5-4-6-8-15/h4-8,12-14,16-18H,9-11H2,1-3H3/t12-,13+,14-,16-,17?,18+/m1/s1. The van der Waals surface area contributed by atoms with Crippen LogP contribution in [0.5, 0.6) is 0 Å². The van der Waals surface area contributed by atoms with E-state index in [9.17, 15) is 14.4 Å². The van der Waals surface area contributed by atoms with E-state index in [0.717, 1.165) is 5.56 Å². The molecule has 6 atom stereocenters. The lowest BCUT2D eigenvalue weighted by molar-refractivity contribution is -0.146. The van der Waals surface area contributed by atoms with Crippen LogP contribution in [0, 0.1) is 23.7 Å². The zero-order chi connectivity index (χ0) is 19.3. The van der Waals surface area contributed by atoms with E-state index in [4.69, 9.17) is 4.74 Å². The van der Waals surface area contributed by atoms with Gasteiger partial charge in [-0.3, -0.25) is 14.5 Å². The molecule has 0 bridgehead atoms. The van der Waals surface area contributed by atoms with Crippen molar-refractivity contribution >= 4 is 17.9 Å². The molecule has 1 saturated carbocycles. The number of amides is 3. The Bertz CT molecular complexity index is 757. The van der Waals surface area contributed by atoms with E-state index in [1.165, 1.54) is 4.90 Å². The Balaban J connectivity index is 1.45. The second kappa shape index (κ2) is 6.66. The van der Waals surface area contributed by atoms with E-state index < -0.39 is 6.09 Å². The number of hydrogen-bond acceptors (Lipinski definition) is 4. The second-order valence-electron chi connectivity index (χ2n) is 8.16. The fraction of sp³-hybridized carbons (Fsp3) is 0.571. The highest BCUT2D eigenvalue weighted by molar-refractivity contribution is 6.01. The van der Waals surface area contributed by atoms with Gasteiger partial charge in [0.2, 0.25) is 11.8 Å². The summed E-state index contributed by atoms with van der Waals surface area (Å²) in [6.45, 7) is 6.64. The molecule has 27 heavy (non-hydrogen) atoms. The summed E-state index contributed by atoms with van der Waals surface area (Å²) >= 11 is 0. The quantitative estimate of drug-likeness (QED) is 0.767. The molecule has 6 heteroatoms. The fourth-order valence-electron chi connectivity index (χ4n) is 4.77. The van der Waals surface area contributed by atoms with Crippen molar-refractivity contribution < 1.29 is 19.1 Å². The van der Waals surface area contributed by atoms with Gasteiger partial charge in [0.25, 0.3) is 0 Å². The summed E-state index contributed by atoms with van der Waals surface area (Å²) < 4.78 is 5.47. The highest BCUT2D eigenvalue weighted by Crippen LogP contribution is 2.48. The summed E-state index contributed by atoms with van der Waals surface area (Å²) in [5.41, 5.74) is 0.922. The van der Waals surface area contributed by atoms with Gasteiger partial charge in [-0.05, 0) is 23.8 Å². The number of imide groups is 1. The first kappa shape index (κ1) is 18.0. The zero-order valence-corrected chi connectivity index (χ0v) is 16.0. The number of nitrogens with zero attached hydrogens (tertiary/aromatic N) is 2. The van der Waals surface area contributed by atoms with E-state index in [2.05, 4.69) is 13.8 Å². The van der Waals surface area contributed by atoms with E-state index in [1.54, 1.807) is 4.90 Å². The van der Waals surface area contributed by atoms with Gasteiger partial charge < -0.3 is 9.64 Å². The molecule has 1 aromatic carbocycles. The Hall–Kier alpha value is -2.37. The van der Waals surface area contributed by atoms with Crippen molar-refractivity contribution in [3.05, 3.63) is 35.9 Å². The Morgan fingerprint density at radius 2 is 1.78 bits per heavy atom. The molecule has 2 heterocycles. The maximum absolute atomic E-state index is 12.9. The smallest absolute Gasteiger partial charge is 0.410 e. The topological polar surface area (TPSA) is 66.9 Å². The fourth-order valence-corrected chi connectivity index (χ4v) is 4.77.